The zero-order valence-electron chi connectivity index (χ0n) is 6.98. The third-order valence-electron chi connectivity index (χ3n) is 1.59. The summed E-state index contributed by atoms with van der Waals surface area (Å²) in [4.78, 5) is 0. The minimum atomic E-state index is -2.98. The van der Waals surface area contributed by atoms with E-state index >= 15 is 0 Å². The van der Waals surface area contributed by atoms with Crippen LogP contribution in [0.4, 0.5) is 17.6 Å². The number of aliphatic hydroxyl groups is 2. The van der Waals surface area contributed by atoms with Crippen molar-refractivity contribution in [3.63, 3.8) is 0 Å². The van der Waals surface area contributed by atoms with E-state index in [1.807, 2.05) is 0 Å². The zero-order chi connectivity index (χ0) is 11.1. The topological polar surface area (TPSA) is 40.5 Å². The lowest BCUT2D eigenvalue weighted by molar-refractivity contribution is -0.157. The molecule has 1 aromatic carbocycles. The summed E-state index contributed by atoms with van der Waals surface area (Å²) in [6.07, 6.45) is 0. The van der Waals surface area contributed by atoms with Gasteiger partial charge in [0.05, 0.1) is 5.56 Å². The molecule has 0 heterocycles. The lowest BCUT2D eigenvalue weighted by atomic mass is 10.1. The van der Waals surface area contributed by atoms with Crippen molar-refractivity contribution in [3.8, 4) is 0 Å². The predicted octanol–water partition coefficient (Wildman–Crippen LogP) is 1.40. The highest BCUT2D eigenvalue weighted by atomic mass is 19.2. The summed E-state index contributed by atoms with van der Waals surface area (Å²) in [5, 5.41) is 17.7. The molecule has 0 fully saturated rings. The first-order valence-electron chi connectivity index (χ1n) is 3.53. The fourth-order valence-corrected chi connectivity index (χ4v) is 0.989. The Morgan fingerprint density at radius 2 is 1.36 bits per heavy atom. The van der Waals surface area contributed by atoms with Crippen LogP contribution in [-0.4, -0.2) is 10.2 Å². The van der Waals surface area contributed by atoms with Crippen molar-refractivity contribution in [2.75, 3.05) is 0 Å². The molecule has 78 valence electrons. The largest absolute Gasteiger partial charge is 0.362 e. The van der Waals surface area contributed by atoms with Crippen LogP contribution in [0.2, 0.25) is 0 Å². The summed E-state index contributed by atoms with van der Waals surface area (Å²) in [6, 6.07) is -0.0140. The minimum Gasteiger partial charge on any atom is -0.362 e. The van der Waals surface area contributed by atoms with Gasteiger partial charge in [0.2, 0.25) is 0 Å². The molecule has 0 radical (unpaired) electrons. The molecular formula is C8H6F4O2. The Morgan fingerprint density at radius 1 is 1.00 bits per heavy atom. The van der Waals surface area contributed by atoms with Gasteiger partial charge in [-0.25, -0.2) is 17.6 Å². The highest BCUT2D eigenvalue weighted by Gasteiger charge is 2.31. The summed E-state index contributed by atoms with van der Waals surface area (Å²) < 4.78 is 50.8. The molecule has 0 atom stereocenters. The first kappa shape index (κ1) is 10.9. The van der Waals surface area contributed by atoms with Crippen molar-refractivity contribution in [2.24, 2.45) is 0 Å². The number of halogens is 4. The molecule has 0 aliphatic heterocycles. The fraction of sp³-hybridized carbons (Fsp3) is 0.250. The third-order valence-corrected chi connectivity index (χ3v) is 1.59. The van der Waals surface area contributed by atoms with Crippen LogP contribution in [0, 0.1) is 23.3 Å². The molecule has 0 bridgehead atoms. The van der Waals surface area contributed by atoms with E-state index < -0.39 is 34.6 Å². The molecule has 0 amide bonds. The Morgan fingerprint density at radius 3 is 1.64 bits per heavy atom. The van der Waals surface area contributed by atoms with Crippen molar-refractivity contribution in [1.29, 1.82) is 0 Å². The Balaban J connectivity index is 3.56. The zero-order valence-corrected chi connectivity index (χ0v) is 6.98. The maximum Gasteiger partial charge on any atom is 0.192 e. The van der Waals surface area contributed by atoms with Gasteiger partial charge in [0.15, 0.2) is 29.1 Å². The quantitative estimate of drug-likeness (QED) is 0.418. The number of benzene rings is 1. The summed E-state index contributed by atoms with van der Waals surface area (Å²) >= 11 is 0. The summed E-state index contributed by atoms with van der Waals surface area (Å²) in [5.74, 6) is -9.99. The van der Waals surface area contributed by atoms with Gasteiger partial charge in [-0.15, -0.1) is 0 Å². The molecule has 1 aromatic rings. The van der Waals surface area contributed by atoms with E-state index in [2.05, 4.69) is 0 Å². The van der Waals surface area contributed by atoms with E-state index in [1.165, 1.54) is 0 Å². The van der Waals surface area contributed by atoms with Crippen LogP contribution in [0.1, 0.15) is 12.5 Å². The van der Waals surface area contributed by atoms with E-state index in [-0.39, 0.29) is 6.07 Å². The molecule has 0 spiro atoms. The van der Waals surface area contributed by atoms with Crippen LogP contribution in [0.3, 0.4) is 0 Å². The second-order valence-electron chi connectivity index (χ2n) is 2.86. The standard InChI is InChI=1S/C8H6F4O2/c1-8(13,14)5-6(11)3(9)2-4(10)7(5)12/h2,13-14H,1H3. The molecule has 0 saturated carbocycles. The molecule has 0 aromatic heterocycles. The molecule has 2 nitrogen and oxygen atoms in total. The molecule has 1 rings (SSSR count). The van der Waals surface area contributed by atoms with Crippen LogP contribution < -0.4 is 0 Å². The Labute approximate surface area is 76.4 Å². The second-order valence-corrected chi connectivity index (χ2v) is 2.86. The van der Waals surface area contributed by atoms with E-state index in [0.29, 0.717) is 6.92 Å². The van der Waals surface area contributed by atoms with E-state index in [1.54, 1.807) is 0 Å². The first-order chi connectivity index (χ1) is 6.25. The monoisotopic (exact) mass is 210 g/mol. The van der Waals surface area contributed by atoms with Crippen molar-refractivity contribution >= 4 is 0 Å². The number of hydrogen-bond acceptors (Lipinski definition) is 2. The van der Waals surface area contributed by atoms with Gasteiger partial charge in [-0.3, -0.25) is 0 Å². The molecule has 0 aliphatic rings. The lowest BCUT2D eigenvalue weighted by Gasteiger charge is -2.18. The van der Waals surface area contributed by atoms with Crippen molar-refractivity contribution < 1.29 is 27.8 Å². The Kier molecular flexibility index (Phi) is 2.51. The second kappa shape index (κ2) is 3.21. The molecule has 0 unspecified atom stereocenters. The van der Waals surface area contributed by atoms with Gasteiger partial charge in [-0.05, 0) is 6.92 Å². The highest BCUT2D eigenvalue weighted by Crippen LogP contribution is 2.27. The van der Waals surface area contributed by atoms with Gasteiger partial charge in [0.25, 0.3) is 0 Å². The van der Waals surface area contributed by atoms with Crippen molar-refractivity contribution in [1.82, 2.24) is 0 Å². The minimum absolute atomic E-state index is 0.0140. The van der Waals surface area contributed by atoms with Gasteiger partial charge < -0.3 is 10.2 Å². The highest BCUT2D eigenvalue weighted by molar-refractivity contribution is 5.25. The molecular weight excluding hydrogens is 204 g/mol. The van der Waals surface area contributed by atoms with Crippen LogP contribution in [0.15, 0.2) is 6.07 Å². The lowest BCUT2D eigenvalue weighted by Crippen LogP contribution is -2.25. The number of hydrogen-bond donors (Lipinski definition) is 2. The smallest absolute Gasteiger partial charge is 0.192 e. The van der Waals surface area contributed by atoms with Crippen LogP contribution in [0.25, 0.3) is 0 Å². The van der Waals surface area contributed by atoms with Gasteiger partial charge in [-0.2, -0.15) is 0 Å². The van der Waals surface area contributed by atoms with Crippen molar-refractivity contribution in [2.45, 2.75) is 12.7 Å². The Hall–Kier alpha value is -1.14. The normalized spacial score (nSPS) is 11.9. The van der Waals surface area contributed by atoms with Gasteiger partial charge in [-0.1, -0.05) is 0 Å². The molecule has 2 N–H and O–H groups in total. The number of rotatable bonds is 1. The van der Waals surface area contributed by atoms with Crippen LogP contribution in [0.5, 0.6) is 0 Å². The van der Waals surface area contributed by atoms with E-state index in [9.17, 15) is 17.6 Å². The SMILES string of the molecule is CC(O)(O)c1c(F)c(F)cc(F)c1F. The molecule has 0 aliphatic carbocycles. The summed E-state index contributed by atoms with van der Waals surface area (Å²) in [6.45, 7) is 0.591. The Bertz CT molecular complexity index is 344. The van der Waals surface area contributed by atoms with Gasteiger partial charge in [0.1, 0.15) is 0 Å². The van der Waals surface area contributed by atoms with E-state index in [4.69, 9.17) is 10.2 Å². The van der Waals surface area contributed by atoms with Crippen molar-refractivity contribution in [3.05, 3.63) is 34.9 Å². The summed E-state index contributed by atoms with van der Waals surface area (Å²) in [7, 11) is 0. The molecule has 0 saturated heterocycles. The third kappa shape index (κ3) is 1.71. The fourth-order valence-electron chi connectivity index (χ4n) is 0.989. The predicted molar refractivity (Wildman–Crippen MR) is 38.1 cm³/mol. The first-order valence-corrected chi connectivity index (χ1v) is 3.53. The molecule has 14 heavy (non-hydrogen) atoms. The average molecular weight is 210 g/mol. The summed E-state index contributed by atoms with van der Waals surface area (Å²) in [5.41, 5.74) is -1.45. The van der Waals surface area contributed by atoms with Crippen LogP contribution in [-0.2, 0) is 5.79 Å². The average Bonchev–Trinajstić information content (AvgIpc) is 1.98. The van der Waals surface area contributed by atoms with Gasteiger partial charge in [0, 0.05) is 6.07 Å². The maximum absolute atomic E-state index is 12.8. The maximum atomic E-state index is 12.8. The van der Waals surface area contributed by atoms with Crippen LogP contribution >= 0.6 is 0 Å². The molecule has 6 heteroatoms. The van der Waals surface area contributed by atoms with Gasteiger partial charge >= 0.3 is 0 Å². The van der Waals surface area contributed by atoms with E-state index in [0.717, 1.165) is 0 Å².